The molecule has 3 heterocycles. The summed E-state index contributed by atoms with van der Waals surface area (Å²) < 4.78 is 5.93. The van der Waals surface area contributed by atoms with E-state index in [9.17, 15) is 4.79 Å². The summed E-state index contributed by atoms with van der Waals surface area (Å²) in [5, 5.41) is 0. The summed E-state index contributed by atoms with van der Waals surface area (Å²) in [6.07, 6.45) is 8.27. The second-order valence-electron chi connectivity index (χ2n) is 6.06. The van der Waals surface area contributed by atoms with E-state index in [0.717, 1.165) is 55.9 Å². The number of aromatic nitrogens is 2. The van der Waals surface area contributed by atoms with Crippen LogP contribution in [0.3, 0.4) is 0 Å². The van der Waals surface area contributed by atoms with Gasteiger partial charge in [-0.15, -0.1) is 0 Å². The van der Waals surface area contributed by atoms with Crippen LogP contribution in [0.5, 0.6) is 0 Å². The maximum absolute atomic E-state index is 12.9. The van der Waals surface area contributed by atoms with Crippen molar-refractivity contribution in [3.8, 4) is 0 Å². The highest BCUT2D eigenvalue weighted by Crippen LogP contribution is 2.32. The van der Waals surface area contributed by atoms with Crippen LogP contribution in [0.4, 0.5) is 0 Å². The van der Waals surface area contributed by atoms with Gasteiger partial charge < -0.3 is 9.32 Å². The van der Waals surface area contributed by atoms with Gasteiger partial charge in [0, 0.05) is 19.2 Å². The summed E-state index contributed by atoms with van der Waals surface area (Å²) in [6.45, 7) is 4.67. The molecule has 3 rings (SSSR count). The SMILES string of the molecule is CCc1ccc(C2CCCCCN2C(=O)c2cnc(C)cn2)o1. The van der Waals surface area contributed by atoms with Gasteiger partial charge in [0.15, 0.2) is 0 Å². The van der Waals surface area contributed by atoms with Crippen LogP contribution in [0.25, 0.3) is 0 Å². The van der Waals surface area contributed by atoms with Crippen molar-refractivity contribution in [3.05, 3.63) is 47.4 Å². The molecule has 1 atom stereocenters. The van der Waals surface area contributed by atoms with Crippen molar-refractivity contribution >= 4 is 5.91 Å². The van der Waals surface area contributed by atoms with E-state index in [-0.39, 0.29) is 11.9 Å². The minimum atomic E-state index is -0.0566. The summed E-state index contributed by atoms with van der Waals surface area (Å²) in [6, 6.07) is 4.01. The monoisotopic (exact) mass is 313 g/mol. The Kier molecular flexibility index (Phi) is 4.74. The Morgan fingerprint density at radius 1 is 1.26 bits per heavy atom. The molecule has 5 nitrogen and oxygen atoms in total. The summed E-state index contributed by atoms with van der Waals surface area (Å²) in [5.74, 6) is 1.79. The average molecular weight is 313 g/mol. The van der Waals surface area contributed by atoms with Crippen LogP contribution in [-0.4, -0.2) is 27.3 Å². The van der Waals surface area contributed by atoms with E-state index in [2.05, 4.69) is 16.9 Å². The van der Waals surface area contributed by atoms with Gasteiger partial charge in [-0.25, -0.2) is 4.98 Å². The topological polar surface area (TPSA) is 59.2 Å². The van der Waals surface area contributed by atoms with Gasteiger partial charge in [0.2, 0.25) is 0 Å². The number of likely N-dealkylation sites (tertiary alicyclic amines) is 1. The highest BCUT2D eigenvalue weighted by atomic mass is 16.3. The van der Waals surface area contributed by atoms with Gasteiger partial charge in [0.1, 0.15) is 17.2 Å². The number of amides is 1. The highest BCUT2D eigenvalue weighted by Gasteiger charge is 2.30. The molecule has 0 spiro atoms. The Morgan fingerprint density at radius 3 is 2.83 bits per heavy atom. The molecule has 0 aromatic carbocycles. The molecule has 0 N–H and O–H groups in total. The molecule has 0 saturated carbocycles. The van der Waals surface area contributed by atoms with Crippen LogP contribution < -0.4 is 0 Å². The Bertz CT molecular complexity index is 663. The van der Waals surface area contributed by atoms with Gasteiger partial charge in [0.25, 0.3) is 5.91 Å². The zero-order valence-electron chi connectivity index (χ0n) is 13.8. The molecule has 5 heteroatoms. The van der Waals surface area contributed by atoms with Crippen molar-refractivity contribution in [2.45, 2.75) is 52.0 Å². The number of hydrogen-bond donors (Lipinski definition) is 0. The van der Waals surface area contributed by atoms with Gasteiger partial charge >= 0.3 is 0 Å². The summed E-state index contributed by atoms with van der Waals surface area (Å²) >= 11 is 0. The molecule has 0 aliphatic carbocycles. The van der Waals surface area contributed by atoms with Crippen molar-refractivity contribution in [1.82, 2.24) is 14.9 Å². The van der Waals surface area contributed by atoms with Crippen molar-refractivity contribution < 1.29 is 9.21 Å². The van der Waals surface area contributed by atoms with Gasteiger partial charge in [-0.05, 0) is 31.9 Å². The fourth-order valence-corrected chi connectivity index (χ4v) is 3.06. The fraction of sp³-hybridized carbons (Fsp3) is 0.500. The fourth-order valence-electron chi connectivity index (χ4n) is 3.06. The number of nitrogens with zero attached hydrogens (tertiary/aromatic N) is 3. The third-order valence-corrected chi connectivity index (χ3v) is 4.37. The van der Waals surface area contributed by atoms with Crippen molar-refractivity contribution in [3.63, 3.8) is 0 Å². The van der Waals surface area contributed by atoms with E-state index in [0.29, 0.717) is 5.69 Å². The quantitative estimate of drug-likeness (QED) is 0.867. The summed E-state index contributed by atoms with van der Waals surface area (Å²) in [7, 11) is 0. The lowest BCUT2D eigenvalue weighted by atomic mass is 10.1. The number of rotatable bonds is 3. The molecule has 122 valence electrons. The van der Waals surface area contributed by atoms with Crippen LogP contribution in [0.1, 0.15) is 66.4 Å². The second-order valence-corrected chi connectivity index (χ2v) is 6.06. The van der Waals surface area contributed by atoms with E-state index < -0.39 is 0 Å². The van der Waals surface area contributed by atoms with E-state index in [1.165, 1.54) is 0 Å². The normalized spacial score (nSPS) is 18.7. The lowest BCUT2D eigenvalue weighted by Crippen LogP contribution is -2.35. The number of carbonyl (C=O) groups excluding carboxylic acids is 1. The molecular formula is C18H23N3O2. The van der Waals surface area contributed by atoms with Crippen LogP contribution in [0, 0.1) is 6.92 Å². The first kappa shape index (κ1) is 15.7. The summed E-state index contributed by atoms with van der Waals surface area (Å²) in [4.78, 5) is 23.3. The van der Waals surface area contributed by atoms with Gasteiger partial charge in [-0.1, -0.05) is 19.8 Å². The van der Waals surface area contributed by atoms with E-state index >= 15 is 0 Å². The lowest BCUT2D eigenvalue weighted by Gasteiger charge is -2.28. The van der Waals surface area contributed by atoms with E-state index in [1.54, 1.807) is 12.4 Å². The van der Waals surface area contributed by atoms with Crippen LogP contribution in [0.15, 0.2) is 28.9 Å². The van der Waals surface area contributed by atoms with E-state index in [4.69, 9.17) is 4.42 Å². The molecule has 1 unspecified atom stereocenters. The van der Waals surface area contributed by atoms with E-state index in [1.807, 2.05) is 24.0 Å². The molecule has 23 heavy (non-hydrogen) atoms. The third kappa shape index (κ3) is 3.44. The lowest BCUT2D eigenvalue weighted by molar-refractivity contribution is 0.0650. The molecule has 1 aliphatic heterocycles. The Morgan fingerprint density at radius 2 is 2.13 bits per heavy atom. The van der Waals surface area contributed by atoms with Gasteiger partial charge in [0.05, 0.1) is 17.9 Å². The van der Waals surface area contributed by atoms with Crippen molar-refractivity contribution in [2.75, 3.05) is 6.54 Å². The minimum absolute atomic E-state index is 0.00611. The molecule has 1 amide bonds. The van der Waals surface area contributed by atoms with Crippen molar-refractivity contribution in [2.24, 2.45) is 0 Å². The zero-order valence-corrected chi connectivity index (χ0v) is 13.8. The summed E-state index contributed by atoms with van der Waals surface area (Å²) in [5.41, 5.74) is 1.22. The van der Waals surface area contributed by atoms with Gasteiger partial charge in [-0.3, -0.25) is 9.78 Å². The molecule has 2 aromatic rings. The van der Waals surface area contributed by atoms with Crippen LogP contribution >= 0.6 is 0 Å². The number of carbonyl (C=O) groups is 1. The minimum Gasteiger partial charge on any atom is -0.464 e. The van der Waals surface area contributed by atoms with Crippen LogP contribution in [-0.2, 0) is 6.42 Å². The number of hydrogen-bond acceptors (Lipinski definition) is 4. The number of aryl methyl sites for hydroxylation is 2. The van der Waals surface area contributed by atoms with Crippen LogP contribution in [0.2, 0.25) is 0 Å². The second kappa shape index (κ2) is 6.94. The molecule has 2 aromatic heterocycles. The molecular weight excluding hydrogens is 290 g/mol. The molecule has 1 fully saturated rings. The molecule has 1 aliphatic rings. The Hall–Kier alpha value is -2.17. The number of furan rings is 1. The zero-order chi connectivity index (χ0) is 16.2. The molecule has 0 radical (unpaired) electrons. The third-order valence-electron chi connectivity index (χ3n) is 4.37. The predicted octanol–water partition coefficient (Wildman–Crippen LogP) is 3.70. The molecule has 1 saturated heterocycles. The average Bonchev–Trinajstić information content (AvgIpc) is 2.91. The first-order valence-corrected chi connectivity index (χ1v) is 8.37. The standard InChI is InChI=1S/C18H23N3O2/c1-3-14-8-9-17(23-14)16-7-5-4-6-10-21(16)18(22)15-12-19-13(2)11-20-15/h8-9,11-12,16H,3-7,10H2,1-2H3. The van der Waals surface area contributed by atoms with Gasteiger partial charge in [-0.2, -0.15) is 0 Å². The first-order chi connectivity index (χ1) is 11.2. The maximum Gasteiger partial charge on any atom is 0.274 e. The first-order valence-electron chi connectivity index (χ1n) is 8.37. The smallest absolute Gasteiger partial charge is 0.274 e. The highest BCUT2D eigenvalue weighted by molar-refractivity contribution is 5.92. The predicted molar refractivity (Wildman–Crippen MR) is 87.1 cm³/mol. The Labute approximate surface area is 136 Å². The Balaban J connectivity index is 1.88. The molecule has 0 bridgehead atoms. The van der Waals surface area contributed by atoms with Crippen molar-refractivity contribution in [1.29, 1.82) is 0 Å². The maximum atomic E-state index is 12.9. The largest absolute Gasteiger partial charge is 0.464 e.